The van der Waals surface area contributed by atoms with E-state index in [0.717, 1.165) is 16.9 Å². The van der Waals surface area contributed by atoms with Gasteiger partial charge in [0.1, 0.15) is 0 Å². The molecule has 2 rings (SSSR count). The molecule has 0 aliphatic rings. The quantitative estimate of drug-likeness (QED) is 0.606. The minimum atomic E-state index is 0.238. The molecule has 0 amide bonds. The first-order valence-electron chi connectivity index (χ1n) is 8.03. The van der Waals surface area contributed by atoms with Gasteiger partial charge in [0, 0.05) is 37.1 Å². The molecule has 1 unspecified atom stereocenters. The van der Waals surface area contributed by atoms with Crippen molar-refractivity contribution < 1.29 is 4.74 Å². The van der Waals surface area contributed by atoms with Gasteiger partial charge in [0.15, 0.2) is 5.96 Å². The summed E-state index contributed by atoms with van der Waals surface area (Å²) in [5, 5.41) is 3.16. The first kappa shape index (κ1) is 17.8. The fraction of sp³-hybridized carbons (Fsp3) is 0.316. The molecular weight excluding hydrogens is 300 g/mol. The summed E-state index contributed by atoms with van der Waals surface area (Å²) < 4.78 is 5.20. The SMILES string of the molecule is COCc1ccccc1NC(N)=NCC(C)N(C)c1ccccc1. The number of hydrogen-bond acceptors (Lipinski definition) is 3. The molecule has 5 nitrogen and oxygen atoms in total. The van der Waals surface area contributed by atoms with Crippen LogP contribution in [0.15, 0.2) is 59.6 Å². The van der Waals surface area contributed by atoms with Gasteiger partial charge in [-0.2, -0.15) is 0 Å². The highest BCUT2D eigenvalue weighted by Gasteiger charge is 2.09. The van der Waals surface area contributed by atoms with Gasteiger partial charge in [0.05, 0.1) is 13.2 Å². The number of rotatable bonds is 7. The number of anilines is 2. The lowest BCUT2D eigenvalue weighted by atomic mass is 10.2. The first-order valence-corrected chi connectivity index (χ1v) is 8.03. The van der Waals surface area contributed by atoms with E-state index >= 15 is 0 Å². The standard InChI is InChI=1S/C19H26N4O/c1-15(23(2)17-10-5-4-6-11-17)13-21-19(20)22-18-12-8-7-9-16(18)14-24-3/h4-12,15H,13-14H2,1-3H3,(H3,20,21,22). The van der Waals surface area contributed by atoms with Crippen LogP contribution in [0.25, 0.3) is 0 Å². The summed E-state index contributed by atoms with van der Waals surface area (Å²) in [5.74, 6) is 0.409. The molecule has 0 aliphatic heterocycles. The van der Waals surface area contributed by atoms with Gasteiger partial charge in [-0.3, -0.25) is 4.99 Å². The van der Waals surface area contributed by atoms with Crippen molar-refractivity contribution in [3.05, 3.63) is 60.2 Å². The second-order valence-corrected chi connectivity index (χ2v) is 5.74. The largest absolute Gasteiger partial charge is 0.380 e. The minimum absolute atomic E-state index is 0.238. The van der Waals surface area contributed by atoms with Gasteiger partial charge in [-0.15, -0.1) is 0 Å². The zero-order valence-corrected chi connectivity index (χ0v) is 14.6. The van der Waals surface area contributed by atoms with Crippen LogP contribution in [0.5, 0.6) is 0 Å². The lowest BCUT2D eigenvalue weighted by Crippen LogP contribution is -2.33. The van der Waals surface area contributed by atoms with E-state index in [-0.39, 0.29) is 6.04 Å². The third-order valence-electron chi connectivity index (χ3n) is 3.93. The van der Waals surface area contributed by atoms with Crippen LogP contribution < -0.4 is 16.0 Å². The summed E-state index contributed by atoms with van der Waals surface area (Å²) in [6, 6.07) is 18.4. The van der Waals surface area contributed by atoms with E-state index in [4.69, 9.17) is 10.5 Å². The summed E-state index contributed by atoms with van der Waals surface area (Å²) in [6.07, 6.45) is 0. The molecule has 0 saturated carbocycles. The van der Waals surface area contributed by atoms with Crippen LogP contribution in [-0.2, 0) is 11.3 Å². The number of likely N-dealkylation sites (N-methyl/N-ethyl adjacent to an activating group) is 1. The highest BCUT2D eigenvalue weighted by molar-refractivity contribution is 5.93. The second kappa shape index (κ2) is 8.93. The van der Waals surface area contributed by atoms with Gasteiger partial charge in [-0.25, -0.2) is 0 Å². The molecule has 0 aliphatic carbocycles. The maximum absolute atomic E-state index is 6.04. The van der Waals surface area contributed by atoms with Gasteiger partial charge in [0.25, 0.3) is 0 Å². The molecule has 128 valence electrons. The van der Waals surface area contributed by atoms with Crippen molar-refractivity contribution in [3.63, 3.8) is 0 Å². The van der Waals surface area contributed by atoms with Crippen molar-refractivity contribution in [2.75, 3.05) is 30.9 Å². The molecule has 0 saturated heterocycles. The summed E-state index contributed by atoms with van der Waals surface area (Å²) in [6.45, 7) is 3.27. The van der Waals surface area contributed by atoms with Gasteiger partial charge in [-0.1, -0.05) is 36.4 Å². The number of nitrogens with one attached hydrogen (secondary N) is 1. The minimum Gasteiger partial charge on any atom is -0.380 e. The van der Waals surface area contributed by atoms with Crippen molar-refractivity contribution in [3.8, 4) is 0 Å². The number of nitrogens with two attached hydrogens (primary N) is 1. The Morgan fingerprint density at radius 2 is 1.83 bits per heavy atom. The maximum atomic E-state index is 6.04. The van der Waals surface area contributed by atoms with E-state index in [0.29, 0.717) is 19.1 Å². The maximum Gasteiger partial charge on any atom is 0.193 e. The van der Waals surface area contributed by atoms with E-state index in [9.17, 15) is 0 Å². The molecule has 3 N–H and O–H groups in total. The number of ether oxygens (including phenoxy) is 1. The molecule has 0 fully saturated rings. The van der Waals surface area contributed by atoms with Crippen LogP contribution >= 0.6 is 0 Å². The molecule has 0 radical (unpaired) electrons. The van der Waals surface area contributed by atoms with Gasteiger partial charge < -0.3 is 20.7 Å². The average molecular weight is 326 g/mol. The van der Waals surface area contributed by atoms with Crippen molar-refractivity contribution in [2.45, 2.75) is 19.6 Å². The van der Waals surface area contributed by atoms with Crippen LogP contribution in [-0.4, -0.2) is 32.7 Å². The third kappa shape index (κ3) is 4.99. The number of para-hydroxylation sites is 2. The molecule has 0 aromatic heterocycles. The first-order chi connectivity index (χ1) is 11.6. The lowest BCUT2D eigenvalue weighted by molar-refractivity contribution is 0.185. The number of hydrogen-bond donors (Lipinski definition) is 2. The highest BCUT2D eigenvalue weighted by Crippen LogP contribution is 2.16. The normalized spacial score (nSPS) is 12.7. The van der Waals surface area contributed by atoms with Gasteiger partial charge in [0.2, 0.25) is 0 Å². The van der Waals surface area contributed by atoms with Crippen LogP contribution in [0.2, 0.25) is 0 Å². The Bertz CT molecular complexity index is 657. The zero-order valence-electron chi connectivity index (χ0n) is 14.6. The highest BCUT2D eigenvalue weighted by atomic mass is 16.5. The van der Waals surface area contributed by atoms with E-state index in [1.165, 1.54) is 0 Å². The summed E-state index contributed by atoms with van der Waals surface area (Å²) in [5.41, 5.74) is 9.17. The van der Waals surface area contributed by atoms with Crippen molar-refractivity contribution in [2.24, 2.45) is 10.7 Å². The number of guanidine groups is 1. The average Bonchev–Trinajstić information content (AvgIpc) is 2.61. The van der Waals surface area contributed by atoms with Crippen LogP contribution in [0.4, 0.5) is 11.4 Å². The Labute approximate surface area is 144 Å². The topological polar surface area (TPSA) is 62.9 Å². The number of nitrogens with zero attached hydrogens (tertiary/aromatic N) is 2. The molecule has 24 heavy (non-hydrogen) atoms. The fourth-order valence-corrected chi connectivity index (χ4v) is 2.37. The van der Waals surface area contributed by atoms with Crippen LogP contribution in [0.3, 0.4) is 0 Å². The molecule has 5 heteroatoms. The number of benzene rings is 2. The zero-order chi connectivity index (χ0) is 17.4. The smallest absolute Gasteiger partial charge is 0.193 e. The lowest BCUT2D eigenvalue weighted by Gasteiger charge is -2.25. The molecule has 0 spiro atoms. The fourth-order valence-electron chi connectivity index (χ4n) is 2.37. The van der Waals surface area contributed by atoms with Crippen molar-refractivity contribution in [1.82, 2.24) is 0 Å². The Kier molecular flexibility index (Phi) is 6.63. The Morgan fingerprint density at radius 1 is 1.17 bits per heavy atom. The number of aliphatic imine (C=N–C) groups is 1. The Balaban J connectivity index is 1.96. The molecule has 1 atom stereocenters. The molecule has 2 aromatic carbocycles. The predicted octanol–water partition coefficient (Wildman–Crippen LogP) is 3.08. The van der Waals surface area contributed by atoms with E-state index in [2.05, 4.69) is 41.3 Å². The summed E-state index contributed by atoms with van der Waals surface area (Å²) >= 11 is 0. The third-order valence-corrected chi connectivity index (χ3v) is 3.93. The second-order valence-electron chi connectivity index (χ2n) is 5.74. The van der Waals surface area contributed by atoms with Crippen LogP contribution in [0, 0.1) is 0 Å². The van der Waals surface area contributed by atoms with Crippen molar-refractivity contribution in [1.29, 1.82) is 0 Å². The van der Waals surface area contributed by atoms with Gasteiger partial charge in [-0.05, 0) is 25.1 Å². The molecule has 2 aromatic rings. The molecule has 0 bridgehead atoms. The van der Waals surface area contributed by atoms with E-state index < -0.39 is 0 Å². The Morgan fingerprint density at radius 3 is 2.54 bits per heavy atom. The van der Waals surface area contributed by atoms with E-state index in [1.54, 1.807) is 7.11 Å². The van der Waals surface area contributed by atoms with Crippen molar-refractivity contribution >= 4 is 17.3 Å². The summed E-state index contributed by atoms with van der Waals surface area (Å²) in [4.78, 5) is 6.66. The monoisotopic (exact) mass is 326 g/mol. The summed E-state index contributed by atoms with van der Waals surface area (Å²) in [7, 11) is 3.74. The predicted molar refractivity (Wildman–Crippen MR) is 102 cm³/mol. The molecule has 0 heterocycles. The molecular formula is C19H26N4O. The Hall–Kier alpha value is -2.53. The number of methoxy groups -OCH3 is 1. The van der Waals surface area contributed by atoms with Gasteiger partial charge >= 0.3 is 0 Å². The van der Waals surface area contributed by atoms with Crippen LogP contribution in [0.1, 0.15) is 12.5 Å². The van der Waals surface area contributed by atoms with E-state index in [1.807, 2.05) is 42.5 Å².